The molecule has 1 fully saturated rings. The third-order valence-corrected chi connectivity index (χ3v) is 4.08. The summed E-state index contributed by atoms with van der Waals surface area (Å²) < 4.78 is 5.73. The van der Waals surface area contributed by atoms with Crippen molar-refractivity contribution in [3.05, 3.63) is 59.1 Å². The first kappa shape index (κ1) is 15.8. The van der Waals surface area contributed by atoms with Crippen molar-refractivity contribution >= 4 is 29.0 Å². The van der Waals surface area contributed by atoms with E-state index in [0.717, 1.165) is 18.7 Å². The van der Waals surface area contributed by atoms with Gasteiger partial charge in [0.1, 0.15) is 0 Å². The normalized spacial score (nSPS) is 17.7. The van der Waals surface area contributed by atoms with Crippen LogP contribution < -0.4 is 16.0 Å². The summed E-state index contributed by atoms with van der Waals surface area (Å²) in [6.45, 7) is 2.35. The fourth-order valence-corrected chi connectivity index (χ4v) is 2.86. The van der Waals surface area contributed by atoms with E-state index in [4.69, 9.17) is 22.1 Å². The number of hydrogen-bond acceptors (Lipinski definition) is 3. The summed E-state index contributed by atoms with van der Waals surface area (Å²) in [5.74, 6) is 0. The molecule has 0 radical (unpaired) electrons. The van der Waals surface area contributed by atoms with Gasteiger partial charge in [-0.15, -0.1) is 0 Å². The minimum Gasteiger partial charge on any atom is -0.371 e. The summed E-state index contributed by atoms with van der Waals surface area (Å²) in [5.41, 5.74) is 7.83. The van der Waals surface area contributed by atoms with Crippen LogP contribution in [0.2, 0.25) is 5.02 Å². The average Bonchev–Trinajstić information content (AvgIpc) is 2.58. The van der Waals surface area contributed by atoms with E-state index < -0.39 is 6.03 Å². The smallest absolute Gasteiger partial charge is 0.323 e. The van der Waals surface area contributed by atoms with Crippen LogP contribution in [0.5, 0.6) is 0 Å². The van der Waals surface area contributed by atoms with E-state index in [-0.39, 0.29) is 6.10 Å². The van der Waals surface area contributed by atoms with Gasteiger partial charge in [0.2, 0.25) is 0 Å². The van der Waals surface area contributed by atoms with E-state index in [0.29, 0.717) is 23.0 Å². The lowest BCUT2D eigenvalue weighted by Crippen LogP contribution is -2.33. The van der Waals surface area contributed by atoms with Crippen molar-refractivity contribution in [1.29, 1.82) is 0 Å². The van der Waals surface area contributed by atoms with Gasteiger partial charge in [-0.2, -0.15) is 0 Å². The van der Waals surface area contributed by atoms with Crippen molar-refractivity contribution in [3.8, 4) is 0 Å². The molecule has 0 aromatic heterocycles. The quantitative estimate of drug-likeness (QED) is 0.907. The summed E-state index contributed by atoms with van der Waals surface area (Å²) in [6, 6.07) is 14.1. The fraction of sp³-hybridized carbons (Fsp3) is 0.235. The van der Waals surface area contributed by atoms with Crippen molar-refractivity contribution in [2.45, 2.75) is 6.10 Å². The maximum atomic E-state index is 11.9. The molecule has 1 aliphatic heterocycles. The van der Waals surface area contributed by atoms with Gasteiger partial charge in [-0.3, -0.25) is 4.90 Å². The highest BCUT2D eigenvalue weighted by Gasteiger charge is 2.19. The number of urea groups is 1. The number of rotatable bonds is 3. The molecule has 120 valence electrons. The number of nitrogens with one attached hydrogen (secondary N) is 1. The van der Waals surface area contributed by atoms with Crippen molar-refractivity contribution in [3.63, 3.8) is 0 Å². The van der Waals surface area contributed by atoms with Crippen LogP contribution in [0.3, 0.4) is 0 Å². The van der Waals surface area contributed by atoms with Crippen LogP contribution in [-0.4, -0.2) is 25.7 Å². The molecule has 3 N–H and O–H groups in total. The third kappa shape index (κ3) is 3.47. The first-order valence-corrected chi connectivity index (χ1v) is 7.81. The minimum absolute atomic E-state index is 0.0279. The number of para-hydroxylation sites is 1. The second kappa shape index (κ2) is 7.00. The van der Waals surface area contributed by atoms with Crippen molar-refractivity contribution in [2.75, 3.05) is 24.6 Å². The zero-order valence-corrected chi connectivity index (χ0v) is 13.3. The van der Waals surface area contributed by atoms with E-state index in [1.54, 1.807) is 12.1 Å². The molecule has 0 bridgehead atoms. The number of carbonyl (C=O) groups excluding carboxylic acids is 1. The van der Waals surface area contributed by atoms with E-state index >= 15 is 0 Å². The second-order valence-electron chi connectivity index (χ2n) is 5.28. The van der Waals surface area contributed by atoms with Gasteiger partial charge in [-0.25, -0.2) is 4.79 Å². The molecule has 1 heterocycles. The van der Waals surface area contributed by atoms with E-state index in [1.807, 2.05) is 36.4 Å². The summed E-state index contributed by atoms with van der Waals surface area (Å²) >= 11 is 6.19. The molecule has 2 aromatic carbocycles. The van der Waals surface area contributed by atoms with Gasteiger partial charge in [-0.1, -0.05) is 35.9 Å². The zero-order valence-electron chi connectivity index (χ0n) is 12.5. The molecule has 1 aliphatic rings. The Bertz CT molecular complexity index is 684. The Morgan fingerprint density at radius 2 is 1.96 bits per heavy atom. The summed E-state index contributed by atoms with van der Waals surface area (Å²) in [5, 5.41) is 3.76. The molecule has 2 amide bonds. The van der Waals surface area contributed by atoms with Crippen LogP contribution in [0.4, 0.5) is 16.2 Å². The van der Waals surface area contributed by atoms with Gasteiger partial charge in [0.05, 0.1) is 29.1 Å². The molecule has 6 heteroatoms. The number of halogens is 1. The first-order chi connectivity index (χ1) is 11.2. The average molecular weight is 332 g/mol. The molecular formula is C17H18ClN3O2. The number of ether oxygens (including phenoxy) is 1. The van der Waals surface area contributed by atoms with Gasteiger partial charge < -0.3 is 15.8 Å². The number of morpholine rings is 1. The van der Waals surface area contributed by atoms with E-state index in [9.17, 15) is 4.79 Å². The van der Waals surface area contributed by atoms with Crippen molar-refractivity contribution < 1.29 is 9.53 Å². The lowest BCUT2D eigenvalue weighted by Gasteiger charge is -2.25. The summed E-state index contributed by atoms with van der Waals surface area (Å²) in [4.78, 5) is 13.3. The summed E-state index contributed by atoms with van der Waals surface area (Å²) in [7, 11) is 0. The van der Waals surface area contributed by atoms with Crippen LogP contribution in [0.15, 0.2) is 48.5 Å². The predicted molar refractivity (Wildman–Crippen MR) is 91.2 cm³/mol. The number of nitrogens with zero attached hydrogens (tertiary/aromatic N) is 1. The van der Waals surface area contributed by atoms with Crippen molar-refractivity contribution in [2.24, 2.45) is 5.73 Å². The van der Waals surface area contributed by atoms with E-state index in [1.165, 1.54) is 4.90 Å². The zero-order chi connectivity index (χ0) is 16.2. The monoisotopic (exact) mass is 331 g/mol. The molecule has 1 saturated heterocycles. The molecule has 1 unspecified atom stereocenters. The number of anilines is 2. The lowest BCUT2D eigenvalue weighted by molar-refractivity contribution is 0.0277. The molecule has 0 spiro atoms. The molecule has 2 aromatic rings. The Kier molecular flexibility index (Phi) is 4.81. The number of hydrogen-bond donors (Lipinski definition) is 2. The minimum atomic E-state index is -0.582. The molecule has 23 heavy (non-hydrogen) atoms. The van der Waals surface area contributed by atoms with Crippen molar-refractivity contribution in [1.82, 2.24) is 5.32 Å². The second-order valence-corrected chi connectivity index (χ2v) is 5.69. The Morgan fingerprint density at radius 3 is 2.57 bits per heavy atom. The third-order valence-electron chi connectivity index (χ3n) is 3.76. The highest BCUT2D eigenvalue weighted by molar-refractivity contribution is 6.34. The van der Waals surface area contributed by atoms with E-state index in [2.05, 4.69) is 5.32 Å². The largest absolute Gasteiger partial charge is 0.371 e. The van der Waals surface area contributed by atoms with Crippen LogP contribution >= 0.6 is 11.6 Å². The Labute approximate surface area is 140 Å². The molecule has 1 atom stereocenters. The van der Waals surface area contributed by atoms with Crippen LogP contribution in [-0.2, 0) is 4.74 Å². The topological polar surface area (TPSA) is 67.6 Å². The van der Waals surface area contributed by atoms with Gasteiger partial charge in [0, 0.05) is 13.1 Å². The van der Waals surface area contributed by atoms with Gasteiger partial charge in [-0.05, 0) is 29.8 Å². The molecule has 0 aliphatic carbocycles. The maximum Gasteiger partial charge on any atom is 0.323 e. The molecule has 3 rings (SSSR count). The standard InChI is InChI=1S/C17H18ClN3O2/c18-14-3-1-2-4-15(14)21(17(19)22)13-7-5-12(6-8-13)16-11-20-9-10-23-16/h1-8,16,20H,9-11H2,(H2,19,22). The fourth-order valence-electron chi connectivity index (χ4n) is 2.64. The van der Waals surface area contributed by atoms with Gasteiger partial charge >= 0.3 is 6.03 Å². The lowest BCUT2D eigenvalue weighted by atomic mass is 10.1. The number of amides is 2. The van der Waals surface area contributed by atoms with Gasteiger partial charge in [0.15, 0.2) is 0 Å². The summed E-state index contributed by atoms with van der Waals surface area (Å²) in [6.07, 6.45) is 0.0279. The van der Waals surface area contributed by atoms with Crippen LogP contribution in [0.25, 0.3) is 0 Å². The molecule has 5 nitrogen and oxygen atoms in total. The maximum absolute atomic E-state index is 11.9. The number of nitrogens with two attached hydrogens (primary N) is 1. The highest BCUT2D eigenvalue weighted by atomic mass is 35.5. The molecular weight excluding hydrogens is 314 g/mol. The number of carbonyl (C=O) groups is 1. The Balaban J connectivity index is 1.89. The van der Waals surface area contributed by atoms with Gasteiger partial charge in [0.25, 0.3) is 0 Å². The van der Waals surface area contributed by atoms with Crippen LogP contribution in [0, 0.1) is 0 Å². The van der Waals surface area contributed by atoms with Crippen LogP contribution in [0.1, 0.15) is 11.7 Å². The Morgan fingerprint density at radius 1 is 1.22 bits per heavy atom. The number of primary amides is 1. The SMILES string of the molecule is NC(=O)N(c1ccc(C2CNCCO2)cc1)c1ccccc1Cl. The first-order valence-electron chi connectivity index (χ1n) is 7.43. The highest BCUT2D eigenvalue weighted by Crippen LogP contribution is 2.32. The number of benzene rings is 2. The predicted octanol–water partition coefficient (Wildman–Crippen LogP) is 3.22. The Hall–Kier alpha value is -2.08. The molecule has 0 saturated carbocycles.